The smallest absolute Gasteiger partial charge is 0.227 e. The van der Waals surface area contributed by atoms with Gasteiger partial charge in [0, 0.05) is 24.9 Å². The van der Waals surface area contributed by atoms with E-state index in [1.165, 1.54) is 0 Å². The largest absolute Gasteiger partial charge is 0.497 e. The van der Waals surface area contributed by atoms with Crippen LogP contribution in [0.25, 0.3) is 11.4 Å². The van der Waals surface area contributed by atoms with E-state index in [1.807, 2.05) is 38.1 Å². The molecule has 0 spiro atoms. The number of amides is 1. The molecule has 0 bridgehead atoms. The second-order valence-electron chi connectivity index (χ2n) is 7.23. The van der Waals surface area contributed by atoms with Crippen LogP contribution in [0.5, 0.6) is 5.75 Å². The Labute approximate surface area is 153 Å². The standard InChI is InChI=1S/C19H27N3O4/c1-13(23)11-19(2,3)12-20-16(24)9-10-17-21-18(22-26-17)14-5-7-15(25-4)8-6-14/h5-8,13,23H,9-12H2,1-4H3,(H,20,24). The second kappa shape index (κ2) is 8.80. The Kier molecular flexibility index (Phi) is 6.74. The SMILES string of the molecule is COc1ccc(-c2noc(CCC(=O)NCC(C)(C)CC(C)O)n2)cc1. The fourth-order valence-electron chi connectivity index (χ4n) is 2.73. The van der Waals surface area contributed by atoms with Gasteiger partial charge in [0.05, 0.1) is 13.2 Å². The third kappa shape index (κ3) is 6.15. The molecule has 0 aliphatic heterocycles. The van der Waals surface area contributed by atoms with Gasteiger partial charge in [-0.3, -0.25) is 4.79 Å². The Balaban J connectivity index is 1.82. The monoisotopic (exact) mass is 361 g/mol. The highest BCUT2D eigenvalue weighted by atomic mass is 16.5. The van der Waals surface area contributed by atoms with Crippen molar-refractivity contribution in [3.05, 3.63) is 30.2 Å². The maximum Gasteiger partial charge on any atom is 0.227 e. The van der Waals surface area contributed by atoms with Gasteiger partial charge in [-0.1, -0.05) is 19.0 Å². The highest BCUT2D eigenvalue weighted by molar-refractivity contribution is 5.76. The lowest BCUT2D eigenvalue weighted by Gasteiger charge is -2.26. The summed E-state index contributed by atoms with van der Waals surface area (Å²) in [4.78, 5) is 16.3. The van der Waals surface area contributed by atoms with Crippen LogP contribution in [0.1, 0.15) is 39.5 Å². The molecule has 1 heterocycles. The van der Waals surface area contributed by atoms with Crippen molar-refractivity contribution in [2.45, 2.75) is 46.1 Å². The number of carbonyl (C=O) groups is 1. The first-order valence-corrected chi connectivity index (χ1v) is 8.71. The van der Waals surface area contributed by atoms with Crippen LogP contribution in [-0.4, -0.2) is 40.9 Å². The molecule has 1 aromatic carbocycles. The van der Waals surface area contributed by atoms with Crippen molar-refractivity contribution >= 4 is 5.91 Å². The molecule has 0 fully saturated rings. The Hall–Kier alpha value is -2.41. The molecule has 2 aromatic rings. The van der Waals surface area contributed by atoms with Crippen LogP contribution >= 0.6 is 0 Å². The van der Waals surface area contributed by atoms with Gasteiger partial charge in [-0.2, -0.15) is 4.98 Å². The number of nitrogens with one attached hydrogen (secondary N) is 1. The average Bonchev–Trinajstić information content (AvgIpc) is 3.06. The van der Waals surface area contributed by atoms with E-state index >= 15 is 0 Å². The van der Waals surface area contributed by atoms with Crippen LogP contribution in [-0.2, 0) is 11.2 Å². The first kappa shape index (κ1) is 19.9. The van der Waals surface area contributed by atoms with Crippen LogP contribution in [0.3, 0.4) is 0 Å². The van der Waals surface area contributed by atoms with Gasteiger partial charge in [0.15, 0.2) is 0 Å². The van der Waals surface area contributed by atoms with Gasteiger partial charge in [0.1, 0.15) is 5.75 Å². The van der Waals surface area contributed by atoms with E-state index in [1.54, 1.807) is 14.0 Å². The Morgan fingerprint density at radius 3 is 2.65 bits per heavy atom. The number of nitrogens with zero attached hydrogens (tertiary/aromatic N) is 2. The number of ether oxygens (including phenoxy) is 1. The van der Waals surface area contributed by atoms with Gasteiger partial charge >= 0.3 is 0 Å². The Morgan fingerprint density at radius 1 is 1.35 bits per heavy atom. The number of hydrogen-bond acceptors (Lipinski definition) is 6. The maximum absolute atomic E-state index is 12.0. The van der Waals surface area contributed by atoms with Crippen molar-refractivity contribution < 1.29 is 19.2 Å². The van der Waals surface area contributed by atoms with E-state index in [9.17, 15) is 9.90 Å². The zero-order chi connectivity index (χ0) is 19.2. The molecule has 26 heavy (non-hydrogen) atoms. The van der Waals surface area contributed by atoms with Crippen molar-refractivity contribution in [3.8, 4) is 17.1 Å². The van der Waals surface area contributed by atoms with Crippen LogP contribution in [0.15, 0.2) is 28.8 Å². The highest BCUT2D eigenvalue weighted by Gasteiger charge is 2.21. The van der Waals surface area contributed by atoms with Crippen molar-refractivity contribution in [2.75, 3.05) is 13.7 Å². The number of rotatable bonds is 9. The molecule has 0 aliphatic rings. The van der Waals surface area contributed by atoms with Gasteiger partial charge in [0.2, 0.25) is 17.6 Å². The summed E-state index contributed by atoms with van der Waals surface area (Å²) in [5.41, 5.74) is 0.667. The minimum atomic E-state index is -0.392. The molecule has 2 rings (SSSR count). The Morgan fingerprint density at radius 2 is 2.04 bits per heavy atom. The van der Waals surface area contributed by atoms with Crippen molar-refractivity contribution in [1.82, 2.24) is 15.5 Å². The zero-order valence-electron chi connectivity index (χ0n) is 15.8. The molecular weight excluding hydrogens is 334 g/mol. The van der Waals surface area contributed by atoms with Gasteiger partial charge in [0.25, 0.3) is 0 Å². The average molecular weight is 361 g/mol. The van der Waals surface area contributed by atoms with Crippen LogP contribution in [0.2, 0.25) is 0 Å². The number of aliphatic hydroxyl groups excluding tert-OH is 1. The van der Waals surface area contributed by atoms with Crippen molar-refractivity contribution in [3.63, 3.8) is 0 Å². The quantitative estimate of drug-likeness (QED) is 0.712. The summed E-state index contributed by atoms with van der Waals surface area (Å²) >= 11 is 0. The zero-order valence-corrected chi connectivity index (χ0v) is 15.8. The fraction of sp³-hybridized carbons (Fsp3) is 0.526. The number of aliphatic hydroxyl groups is 1. The maximum atomic E-state index is 12.0. The lowest BCUT2D eigenvalue weighted by atomic mass is 9.87. The van der Waals surface area contributed by atoms with Crippen molar-refractivity contribution in [2.24, 2.45) is 5.41 Å². The highest BCUT2D eigenvalue weighted by Crippen LogP contribution is 2.21. The normalized spacial score (nSPS) is 12.7. The summed E-state index contributed by atoms with van der Waals surface area (Å²) in [5.74, 6) is 1.59. The van der Waals surface area contributed by atoms with Crippen molar-refractivity contribution in [1.29, 1.82) is 0 Å². The first-order valence-electron chi connectivity index (χ1n) is 8.71. The second-order valence-corrected chi connectivity index (χ2v) is 7.23. The fourth-order valence-corrected chi connectivity index (χ4v) is 2.73. The van der Waals surface area contributed by atoms with E-state index in [0.29, 0.717) is 31.1 Å². The first-order chi connectivity index (χ1) is 12.3. The molecule has 0 saturated heterocycles. The van der Waals surface area contributed by atoms with Gasteiger partial charge in [-0.05, 0) is 43.0 Å². The van der Waals surface area contributed by atoms with Gasteiger partial charge in [-0.15, -0.1) is 0 Å². The number of benzene rings is 1. The molecule has 0 radical (unpaired) electrons. The van der Waals surface area contributed by atoms with E-state index in [2.05, 4.69) is 15.5 Å². The third-order valence-corrected chi connectivity index (χ3v) is 3.99. The number of aryl methyl sites for hydroxylation is 1. The van der Waals surface area contributed by atoms with Gasteiger partial charge < -0.3 is 19.7 Å². The summed E-state index contributed by atoms with van der Waals surface area (Å²) < 4.78 is 10.3. The summed E-state index contributed by atoms with van der Waals surface area (Å²) in [6.45, 7) is 6.29. The van der Waals surface area contributed by atoms with Crippen LogP contribution in [0, 0.1) is 5.41 Å². The minimum Gasteiger partial charge on any atom is -0.497 e. The molecule has 0 aliphatic carbocycles. The molecule has 1 amide bonds. The summed E-state index contributed by atoms with van der Waals surface area (Å²) in [6.07, 6.45) is 0.889. The summed E-state index contributed by atoms with van der Waals surface area (Å²) in [5, 5.41) is 16.3. The number of methoxy groups -OCH3 is 1. The molecule has 1 unspecified atom stereocenters. The molecule has 7 nitrogen and oxygen atoms in total. The number of hydrogen-bond donors (Lipinski definition) is 2. The summed E-state index contributed by atoms with van der Waals surface area (Å²) in [7, 11) is 1.61. The number of carbonyl (C=O) groups excluding carboxylic acids is 1. The van der Waals surface area contributed by atoms with Crippen LogP contribution in [0.4, 0.5) is 0 Å². The molecule has 1 atom stereocenters. The molecule has 142 valence electrons. The molecular formula is C19H27N3O4. The predicted molar refractivity (Wildman–Crippen MR) is 97.7 cm³/mol. The molecule has 2 N–H and O–H groups in total. The van der Waals surface area contributed by atoms with E-state index in [0.717, 1.165) is 11.3 Å². The summed E-state index contributed by atoms with van der Waals surface area (Å²) in [6, 6.07) is 7.36. The van der Waals surface area contributed by atoms with E-state index in [4.69, 9.17) is 9.26 Å². The lowest BCUT2D eigenvalue weighted by Crippen LogP contribution is -2.35. The topological polar surface area (TPSA) is 97.5 Å². The number of aromatic nitrogens is 2. The van der Waals surface area contributed by atoms with E-state index in [-0.39, 0.29) is 17.7 Å². The predicted octanol–water partition coefficient (Wildman–Crippen LogP) is 2.59. The molecule has 1 aromatic heterocycles. The van der Waals surface area contributed by atoms with Gasteiger partial charge in [-0.25, -0.2) is 0 Å². The van der Waals surface area contributed by atoms with E-state index < -0.39 is 6.10 Å². The van der Waals surface area contributed by atoms with Crippen LogP contribution < -0.4 is 10.1 Å². The lowest BCUT2D eigenvalue weighted by molar-refractivity contribution is -0.121. The Bertz CT molecular complexity index is 708. The minimum absolute atomic E-state index is 0.0761. The molecule has 0 saturated carbocycles. The molecule has 7 heteroatoms. The third-order valence-electron chi connectivity index (χ3n) is 3.99.